The van der Waals surface area contributed by atoms with Gasteiger partial charge in [-0.2, -0.15) is 5.26 Å². The smallest absolute Gasteiger partial charge is 0.267 e. The fraction of sp³-hybridized carbons (Fsp3) is 0.615. The van der Waals surface area contributed by atoms with Crippen molar-refractivity contribution in [2.24, 2.45) is 5.41 Å². The van der Waals surface area contributed by atoms with Crippen molar-refractivity contribution in [1.29, 1.82) is 5.26 Å². The maximum atomic E-state index is 11.9. The van der Waals surface area contributed by atoms with Gasteiger partial charge in [0.05, 0.1) is 11.5 Å². The second-order valence-corrected chi connectivity index (χ2v) is 5.92. The maximum Gasteiger partial charge on any atom is 0.267 e. The molecule has 1 aromatic heterocycles. The molecule has 0 atom stereocenters. The van der Waals surface area contributed by atoms with E-state index in [1.165, 1.54) is 6.20 Å². The molecule has 0 spiro atoms. The fourth-order valence-electron chi connectivity index (χ4n) is 1.71. The summed E-state index contributed by atoms with van der Waals surface area (Å²) in [6.45, 7) is 6.35. The van der Waals surface area contributed by atoms with Gasteiger partial charge in [-0.15, -0.1) is 0 Å². The Morgan fingerprint density at radius 2 is 2.17 bits per heavy atom. The Labute approximate surface area is 116 Å². The molecule has 0 aliphatic carbocycles. The topological polar surface area (TPSA) is 58.7 Å². The van der Waals surface area contributed by atoms with E-state index < -0.39 is 0 Å². The van der Waals surface area contributed by atoms with Gasteiger partial charge in [0, 0.05) is 12.7 Å². The van der Waals surface area contributed by atoms with Gasteiger partial charge >= 0.3 is 0 Å². The number of rotatable bonds is 5. The van der Waals surface area contributed by atoms with Gasteiger partial charge < -0.3 is 0 Å². The van der Waals surface area contributed by atoms with Crippen molar-refractivity contribution in [2.45, 2.75) is 46.6 Å². The lowest BCUT2D eigenvalue weighted by Crippen LogP contribution is -2.24. The highest BCUT2D eigenvalue weighted by Gasteiger charge is 2.15. The zero-order chi connectivity index (χ0) is 13.8. The third kappa shape index (κ3) is 3.95. The first kappa shape index (κ1) is 14.9. The Bertz CT molecular complexity index is 514. The molecular weight excluding hydrogens is 294 g/mol. The van der Waals surface area contributed by atoms with Crippen molar-refractivity contribution >= 4 is 15.9 Å². The van der Waals surface area contributed by atoms with Crippen molar-refractivity contribution in [1.82, 2.24) is 9.55 Å². The van der Waals surface area contributed by atoms with Crippen molar-refractivity contribution in [2.75, 3.05) is 0 Å². The molecule has 1 heterocycles. The predicted octanol–water partition coefficient (Wildman–Crippen LogP) is 3.03. The van der Waals surface area contributed by atoms with Gasteiger partial charge in [-0.05, 0) is 49.5 Å². The molecule has 0 fully saturated rings. The average Bonchev–Trinajstić information content (AvgIpc) is 2.33. The van der Waals surface area contributed by atoms with E-state index in [1.807, 2.05) is 20.8 Å². The van der Waals surface area contributed by atoms with Gasteiger partial charge in [-0.3, -0.25) is 9.36 Å². The van der Waals surface area contributed by atoms with Crippen LogP contribution >= 0.6 is 15.9 Å². The average molecular weight is 312 g/mol. The van der Waals surface area contributed by atoms with Crippen LogP contribution in [0.5, 0.6) is 0 Å². The molecule has 1 rings (SSSR count). The Morgan fingerprint density at radius 3 is 2.78 bits per heavy atom. The number of hydrogen-bond acceptors (Lipinski definition) is 3. The van der Waals surface area contributed by atoms with E-state index >= 15 is 0 Å². The molecule has 98 valence electrons. The lowest BCUT2D eigenvalue weighted by Gasteiger charge is -2.15. The van der Waals surface area contributed by atoms with Crippen LogP contribution in [0.3, 0.4) is 0 Å². The number of nitriles is 1. The Kier molecular flexibility index (Phi) is 5.09. The molecule has 18 heavy (non-hydrogen) atoms. The monoisotopic (exact) mass is 311 g/mol. The minimum absolute atomic E-state index is 0.0398. The lowest BCUT2D eigenvalue weighted by atomic mass is 9.89. The Hall–Kier alpha value is -1.15. The summed E-state index contributed by atoms with van der Waals surface area (Å²) in [5.41, 5.74) is -0.322. The molecule has 1 aromatic rings. The summed E-state index contributed by atoms with van der Waals surface area (Å²) >= 11 is 3.19. The van der Waals surface area contributed by atoms with Gasteiger partial charge in [0.25, 0.3) is 5.56 Å². The SMILES string of the molecule is Cc1ncc(Br)c(=O)n1CCCCC(C)(C)C#N. The molecule has 0 amide bonds. The second-order valence-electron chi connectivity index (χ2n) is 5.06. The van der Waals surface area contributed by atoms with Crippen LogP contribution in [0.1, 0.15) is 38.9 Å². The van der Waals surface area contributed by atoms with Crippen LogP contribution in [-0.2, 0) is 6.54 Å². The molecule has 5 heteroatoms. The number of halogens is 1. The molecule has 0 N–H and O–H groups in total. The van der Waals surface area contributed by atoms with Crippen LogP contribution in [0, 0.1) is 23.7 Å². The van der Waals surface area contributed by atoms with E-state index in [0.717, 1.165) is 25.1 Å². The second kappa shape index (κ2) is 6.14. The summed E-state index contributed by atoms with van der Waals surface area (Å²) in [5, 5.41) is 8.91. The fourth-order valence-corrected chi connectivity index (χ4v) is 2.02. The van der Waals surface area contributed by atoms with Crippen molar-refractivity contribution in [3.05, 3.63) is 26.8 Å². The summed E-state index contributed by atoms with van der Waals surface area (Å²) in [4.78, 5) is 16.0. The zero-order valence-corrected chi connectivity index (χ0v) is 12.6. The number of nitrogens with zero attached hydrogens (tertiary/aromatic N) is 3. The summed E-state index contributed by atoms with van der Waals surface area (Å²) in [7, 11) is 0. The lowest BCUT2D eigenvalue weighted by molar-refractivity contribution is 0.413. The number of hydrogen-bond donors (Lipinski definition) is 0. The van der Waals surface area contributed by atoms with Gasteiger partial charge in [-0.25, -0.2) is 4.98 Å². The molecule has 0 radical (unpaired) electrons. The van der Waals surface area contributed by atoms with Crippen LogP contribution < -0.4 is 5.56 Å². The standard InChI is InChI=1S/C13H18BrN3O/c1-10-16-8-11(14)12(18)17(10)7-5-4-6-13(2,3)9-15/h8H,4-7H2,1-3H3. The molecule has 4 nitrogen and oxygen atoms in total. The van der Waals surface area contributed by atoms with Crippen LogP contribution in [0.15, 0.2) is 15.5 Å². The van der Waals surface area contributed by atoms with Gasteiger partial charge in [0.15, 0.2) is 0 Å². The van der Waals surface area contributed by atoms with E-state index in [-0.39, 0.29) is 11.0 Å². The summed E-state index contributed by atoms with van der Waals surface area (Å²) in [5.74, 6) is 0.725. The van der Waals surface area contributed by atoms with E-state index in [4.69, 9.17) is 5.26 Å². The molecule has 0 aromatic carbocycles. The highest BCUT2D eigenvalue weighted by Crippen LogP contribution is 2.21. The minimum atomic E-state index is -0.282. The minimum Gasteiger partial charge on any atom is -0.296 e. The highest BCUT2D eigenvalue weighted by molar-refractivity contribution is 9.10. The first-order valence-corrected chi connectivity index (χ1v) is 6.80. The summed E-state index contributed by atoms with van der Waals surface area (Å²) in [6, 6.07) is 2.28. The first-order valence-electron chi connectivity index (χ1n) is 6.00. The van der Waals surface area contributed by atoms with E-state index in [1.54, 1.807) is 4.57 Å². The predicted molar refractivity (Wildman–Crippen MR) is 74.2 cm³/mol. The van der Waals surface area contributed by atoms with Crippen molar-refractivity contribution in [3.63, 3.8) is 0 Å². The zero-order valence-electron chi connectivity index (χ0n) is 11.0. The third-order valence-electron chi connectivity index (χ3n) is 2.94. The normalized spacial score (nSPS) is 11.3. The molecule has 0 unspecified atom stereocenters. The Balaban J connectivity index is 2.58. The first-order chi connectivity index (χ1) is 8.37. The highest BCUT2D eigenvalue weighted by atomic mass is 79.9. The van der Waals surface area contributed by atoms with E-state index in [0.29, 0.717) is 11.0 Å². The molecule has 0 aliphatic heterocycles. The molecule has 0 aliphatic rings. The van der Waals surface area contributed by atoms with Gasteiger partial charge in [0.2, 0.25) is 0 Å². The molecular formula is C13H18BrN3O. The van der Waals surface area contributed by atoms with Crippen LogP contribution in [0.4, 0.5) is 0 Å². The Morgan fingerprint density at radius 1 is 1.50 bits per heavy atom. The van der Waals surface area contributed by atoms with Crippen molar-refractivity contribution < 1.29 is 0 Å². The summed E-state index contributed by atoms with van der Waals surface area (Å²) in [6.07, 6.45) is 4.19. The number of aryl methyl sites for hydroxylation is 1. The van der Waals surface area contributed by atoms with E-state index in [2.05, 4.69) is 27.0 Å². The van der Waals surface area contributed by atoms with E-state index in [9.17, 15) is 4.79 Å². The summed E-state index contributed by atoms with van der Waals surface area (Å²) < 4.78 is 2.16. The van der Waals surface area contributed by atoms with Crippen LogP contribution in [0.25, 0.3) is 0 Å². The van der Waals surface area contributed by atoms with Crippen LogP contribution in [-0.4, -0.2) is 9.55 Å². The largest absolute Gasteiger partial charge is 0.296 e. The third-order valence-corrected chi connectivity index (χ3v) is 3.48. The molecule has 0 bridgehead atoms. The molecule has 0 saturated carbocycles. The van der Waals surface area contributed by atoms with Gasteiger partial charge in [0.1, 0.15) is 10.3 Å². The molecule has 0 saturated heterocycles. The maximum absolute atomic E-state index is 11.9. The van der Waals surface area contributed by atoms with Crippen molar-refractivity contribution in [3.8, 4) is 6.07 Å². The quantitative estimate of drug-likeness (QED) is 0.785. The number of aromatic nitrogens is 2. The van der Waals surface area contributed by atoms with Crippen LogP contribution in [0.2, 0.25) is 0 Å². The number of unbranched alkanes of at least 4 members (excludes halogenated alkanes) is 1. The van der Waals surface area contributed by atoms with Gasteiger partial charge in [-0.1, -0.05) is 6.42 Å².